The summed E-state index contributed by atoms with van der Waals surface area (Å²) in [7, 11) is 0. The van der Waals surface area contributed by atoms with E-state index in [1.807, 2.05) is 44.2 Å². The molecule has 5 heteroatoms. The van der Waals surface area contributed by atoms with Gasteiger partial charge in [0.15, 0.2) is 11.5 Å². The highest BCUT2D eigenvalue weighted by molar-refractivity contribution is 5.45. The van der Waals surface area contributed by atoms with Gasteiger partial charge in [-0.2, -0.15) is 0 Å². The highest BCUT2D eigenvalue weighted by Gasteiger charge is 2.11. The van der Waals surface area contributed by atoms with Crippen LogP contribution in [0.4, 0.5) is 0 Å². The van der Waals surface area contributed by atoms with Crippen molar-refractivity contribution in [1.29, 1.82) is 0 Å². The smallest absolute Gasteiger partial charge is 0.164 e. The summed E-state index contributed by atoms with van der Waals surface area (Å²) in [5.41, 5.74) is 2.61. The lowest BCUT2D eigenvalue weighted by Gasteiger charge is -2.17. The van der Waals surface area contributed by atoms with E-state index in [4.69, 9.17) is 14.2 Å². The van der Waals surface area contributed by atoms with Crippen LogP contribution in [0.2, 0.25) is 0 Å². The first-order chi connectivity index (χ1) is 17.1. The second-order valence-electron chi connectivity index (χ2n) is 9.01. The van der Waals surface area contributed by atoms with Crippen LogP contribution < -0.4 is 19.5 Å². The number of aryl methyl sites for hydroxylation is 2. The molecule has 3 aromatic rings. The average Bonchev–Trinajstić information content (AvgIpc) is 2.88. The quantitative estimate of drug-likeness (QED) is 0.269. The van der Waals surface area contributed by atoms with Gasteiger partial charge >= 0.3 is 0 Å². The molecular formula is C30H39NO4. The Hall–Kier alpha value is -3.02. The molecule has 0 spiro atoms. The van der Waals surface area contributed by atoms with Crippen molar-refractivity contribution in [2.24, 2.45) is 0 Å². The van der Waals surface area contributed by atoms with Gasteiger partial charge in [0, 0.05) is 18.7 Å². The number of aliphatic hydroxyl groups excluding tert-OH is 1. The van der Waals surface area contributed by atoms with Gasteiger partial charge in [-0.15, -0.1) is 0 Å². The molecule has 0 aliphatic carbocycles. The molecule has 0 saturated heterocycles. The monoisotopic (exact) mass is 477 g/mol. The van der Waals surface area contributed by atoms with E-state index in [-0.39, 0.29) is 6.61 Å². The summed E-state index contributed by atoms with van der Waals surface area (Å²) in [5, 5.41) is 13.4. The lowest BCUT2D eigenvalue weighted by molar-refractivity contribution is 0.104. The van der Waals surface area contributed by atoms with Gasteiger partial charge < -0.3 is 24.6 Å². The molecule has 0 bridgehead atoms. The fourth-order valence-corrected chi connectivity index (χ4v) is 3.64. The van der Waals surface area contributed by atoms with Crippen LogP contribution in [0.15, 0.2) is 78.9 Å². The summed E-state index contributed by atoms with van der Waals surface area (Å²) < 4.78 is 18.0. The Morgan fingerprint density at radius 2 is 1.29 bits per heavy atom. The number of ether oxygens (including phenoxy) is 3. The van der Waals surface area contributed by atoms with Crippen molar-refractivity contribution >= 4 is 0 Å². The second kappa shape index (κ2) is 15.1. The van der Waals surface area contributed by atoms with Crippen molar-refractivity contribution < 1.29 is 19.3 Å². The minimum absolute atomic E-state index is 0.213. The molecule has 0 saturated carbocycles. The van der Waals surface area contributed by atoms with Crippen LogP contribution in [-0.4, -0.2) is 43.6 Å². The molecule has 0 fully saturated rings. The molecule has 5 nitrogen and oxygen atoms in total. The van der Waals surface area contributed by atoms with Crippen LogP contribution >= 0.6 is 0 Å². The Morgan fingerprint density at radius 3 is 1.86 bits per heavy atom. The molecule has 1 atom stereocenters. The molecule has 1 unspecified atom stereocenters. The zero-order valence-electron chi connectivity index (χ0n) is 21.0. The maximum absolute atomic E-state index is 10.2. The summed E-state index contributed by atoms with van der Waals surface area (Å²) in [4.78, 5) is 0. The fraction of sp³-hybridized carbons (Fsp3) is 0.400. The molecule has 2 N–H and O–H groups in total. The minimum Gasteiger partial charge on any atom is -0.491 e. The normalized spacial score (nSPS) is 11.9. The maximum atomic E-state index is 10.2. The van der Waals surface area contributed by atoms with E-state index < -0.39 is 6.10 Å². The summed E-state index contributed by atoms with van der Waals surface area (Å²) >= 11 is 0. The molecular weight excluding hydrogens is 438 g/mol. The van der Waals surface area contributed by atoms with Crippen LogP contribution in [0.5, 0.6) is 17.2 Å². The van der Waals surface area contributed by atoms with Crippen molar-refractivity contribution in [2.75, 3.05) is 26.4 Å². The number of hydrogen-bond donors (Lipinski definition) is 2. The molecule has 0 aromatic heterocycles. The van der Waals surface area contributed by atoms with Gasteiger partial charge in [-0.25, -0.2) is 0 Å². The first-order valence-corrected chi connectivity index (χ1v) is 12.6. The molecule has 188 valence electrons. The van der Waals surface area contributed by atoms with E-state index in [2.05, 4.69) is 53.8 Å². The van der Waals surface area contributed by atoms with Crippen molar-refractivity contribution in [3.8, 4) is 17.2 Å². The number of hydrogen-bond acceptors (Lipinski definition) is 5. The van der Waals surface area contributed by atoms with Gasteiger partial charge in [0.05, 0.1) is 13.2 Å². The van der Waals surface area contributed by atoms with Gasteiger partial charge in [-0.05, 0) is 48.9 Å². The van der Waals surface area contributed by atoms with Gasteiger partial charge in [0.2, 0.25) is 0 Å². The van der Waals surface area contributed by atoms with Crippen LogP contribution in [0.25, 0.3) is 0 Å². The Kier molecular flexibility index (Phi) is 11.4. The molecule has 0 amide bonds. The maximum Gasteiger partial charge on any atom is 0.164 e. The first kappa shape index (κ1) is 26.6. The molecule has 0 radical (unpaired) electrons. The second-order valence-corrected chi connectivity index (χ2v) is 9.01. The Bertz CT molecular complexity index is 963. The predicted molar refractivity (Wildman–Crippen MR) is 142 cm³/mol. The zero-order valence-corrected chi connectivity index (χ0v) is 21.0. The molecule has 0 aliphatic rings. The van der Waals surface area contributed by atoms with Crippen molar-refractivity contribution in [3.63, 3.8) is 0 Å². The summed E-state index contributed by atoms with van der Waals surface area (Å²) in [6.45, 7) is 5.99. The summed E-state index contributed by atoms with van der Waals surface area (Å²) in [6, 6.07) is 26.8. The number of aliphatic hydroxyl groups is 1. The van der Waals surface area contributed by atoms with Crippen LogP contribution in [-0.2, 0) is 12.8 Å². The highest BCUT2D eigenvalue weighted by atomic mass is 16.5. The number of rotatable bonds is 16. The lowest BCUT2D eigenvalue weighted by atomic mass is 10.1. The largest absolute Gasteiger partial charge is 0.491 e. The molecule has 3 aromatic carbocycles. The minimum atomic E-state index is -0.582. The SMILES string of the molecule is CC(C)NCC(O)COc1ccc(OCCCc2ccccc2)c(OCCCc2ccccc2)c1. The van der Waals surface area contributed by atoms with Gasteiger partial charge in [-0.1, -0.05) is 74.5 Å². The van der Waals surface area contributed by atoms with Crippen molar-refractivity contribution in [3.05, 3.63) is 90.0 Å². The van der Waals surface area contributed by atoms with Crippen LogP contribution in [0.1, 0.15) is 37.8 Å². The van der Waals surface area contributed by atoms with Gasteiger partial charge in [0.25, 0.3) is 0 Å². The van der Waals surface area contributed by atoms with E-state index in [1.54, 1.807) is 0 Å². The van der Waals surface area contributed by atoms with E-state index >= 15 is 0 Å². The Balaban J connectivity index is 1.54. The molecule has 3 rings (SSSR count). The Morgan fingerprint density at radius 1 is 0.714 bits per heavy atom. The van der Waals surface area contributed by atoms with Crippen LogP contribution in [0.3, 0.4) is 0 Å². The molecule has 0 aliphatic heterocycles. The van der Waals surface area contributed by atoms with E-state index in [9.17, 15) is 5.11 Å². The third-order valence-electron chi connectivity index (χ3n) is 5.54. The number of nitrogens with one attached hydrogen (secondary N) is 1. The standard InChI is InChI=1S/C30H39NO4/c1-24(2)31-22-27(32)23-35-28-17-18-29(33-19-9-15-25-11-5-3-6-12-25)30(21-28)34-20-10-16-26-13-7-4-8-14-26/h3-8,11-14,17-18,21,24,27,31-32H,9-10,15-16,19-20,22-23H2,1-2H3. The lowest BCUT2D eigenvalue weighted by Crippen LogP contribution is -2.35. The zero-order chi connectivity index (χ0) is 24.7. The van der Waals surface area contributed by atoms with Crippen molar-refractivity contribution in [1.82, 2.24) is 5.32 Å². The average molecular weight is 478 g/mol. The van der Waals surface area contributed by atoms with Gasteiger partial charge in [-0.3, -0.25) is 0 Å². The first-order valence-electron chi connectivity index (χ1n) is 12.6. The third kappa shape index (κ3) is 10.4. The van der Waals surface area contributed by atoms with Gasteiger partial charge in [0.1, 0.15) is 18.5 Å². The topological polar surface area (TPSA) is 60.0 Å². The summed E-state index contributed by atoms with van der Waals surface area (Å²) in [6.07, 6.45) is 3.17. The fourth-order valence-electron chi connectivity index (χ4n) is 3.64. The Labute approximate surface area is 210 Å². The van der Waals surface area contributed by atoms with E-state index in [0.717, 1.165) is 25.7 Å². The highest BCUT2D eigenvalue weighted by Crippen LogP contribution is 2.32. The predicted octanol–water partition coefficient (Wildman–Crippen LogP) is 5.45. The van der Waals surface area contributed by atoms with Crippen LogP contribution in [0, 0.1) is 0 Å². The third-order valence-corrected chi connectivity index (χ3v) is 5.54. The van der Waals surface area contributed by atoms with E-state index in [0.29, 0.717) is 43.0 Å². The molecule has 0 heterocycles. The van der Waals surface area contributed by atoms with E-state index in [1.165, 1.54) is 11.1 Å². The van der Waals surface area contributed by atoms with Crippen molar-refractivity contribution in [2.45, 2.75) is 51.7 Å². The number of benzene rings is 3. The summed E-state index contributed by atoms with van der Waals surface area (Å²) in [5.74, 6) is 2.04. The molecule has 35 heavy (non-hydrogen) atoms.